The van der Waals surface area contributed by atoms with Gasteiger partial charge in [-0.05, 0) is 0 Å². The Morgan fingerprint density at radius 3 is 1.07 bits per heavy atom. The average molecular weight is 297 g/mol. The SMILES string of the molecule is O=P(O[Cl+2]([O-])[O-])(O[Cl+2]([O-])[O-])O[Cl+2]([O-])[O-]. The first kappa shape index (κ1) is 14.7. The van der Waals surface area contributed by atoms with E-state index in [9.17, 15) is 32.5 Å². The van der Waals surface area contributed by atoms with Gasteiger partial charge in [-0.1, -0.05) is 0 Å². The lowest BCUT2D eigenvalue weighted by Gasteiger charge is -1.98. The average Bonchev–Trinajstić information content (AvgIpc) is 1.76. The summed E-state index contributed by atoms with van der Waals surface area (Å²) in [5.41, 5.74) is 0. The molecule has 0 aromatic heterocycles. The van der Waals surface area contributed by atoms with Crippen LogP contribution < -0.4 is 28.0 Å². The highest BCUT2D eigenvalue weighted by atomic mass is 35.6. The predicted molar refractivity (Wildman–Crippen MR) is 10.9 cm³/mol. The van der Waals surface area contributed by atoms with Crippen LogP contribution >= 0.6 is 7.82 Å². The van der Waals surface area contributed by atoms with E-state index in [1.165, 1.54) is 0 Å². The molecule has 0 saturated carbocycles. The number of phosphoric acid groups is 1. The molecule has 0 atom stereocenters. The van der Waals surface area contributed by atoms with Gasteiger partial charge in [0.25, 0.3) is 0 Å². The molecule has 0 aromatic carbocycles. The van der Waals surface area contributed by atoms with Gasteiger partial charge >= 0.3 is 40.2 Å². The molecule has 86 valence electrons. The van der Waals surface area contributed by atoms with Crippen LogP contribution in [0.4, 0.5) is 0 Å². The van der Waals surface area contributed by atoms with E-state index in [1.54, 1.807) is 0 Å². The molecule has 0 saturated heterocycles. The van der Waals surface area contributed by atoms with Crippen LogP contribution in [0.15, 0.2) is 0 Å². The third kappa shape index (κ3) is 7.09. The van der Waals surface area contributed by atoms with Gasteiger partial charge in [0, 0.05) is 0 Å². The van der Waals surface area contributed by atoms with Crippen molar-refractivity contribution < 1.29 is 77.1 Å². The Labute approximate surface area is 85.4 Å². The van der Waals surface area contributed by atoms with Crippen LogP contribution in [-0.2, 0) is 16.8 Å². The van der Waals surface area contributed by atoms with Crippen LogP contribution in [0.2, 0.25) is 0 Å². The fraction of sp³-hybridized carbons (Fsp3) is 0. The second-order valence-corrected chi connectivity index (χ2v) is 4.91. The van der Waals surface area contributed by atoms with E-state index in [2.05, 4.69) is 12.2 Å². The van der Waals surface area contributed by atoms with E-state index in [0.29, 0.717) is 0 Å². The fourth-order valence-electron chi connectivity index (χ4n) is 0.239. The summed E-state index contributed by atoms with van der Waals surface area (Å²) >= 11 is 0. The predicted octanol–water partition coefficient (Wildman–Crippen LogP) is -6.60. The van der Waals surface area contributed by atoms with E-state index in [4.69, 9.17) is 0 Å². The van der Waals surface area contributed by atoms with Gasteiger partial charge < -0.3 is 28.0 Å². The van der Waals surface area contributed by atoms with E-state index < -0.39 is 40.2 Å². The molecule has 0 N–H and O–H groups in total. The summed E-state index contributed by atoms with van der Waals surface area (Å²) in [5.74, 6) is 0. The molecule has 14 heavy (non-hydrogen) atoms. The molecular formula is Cl3O10P. The monoisotopic (exact) mass is 296 g/mol. The summed E-state index contributed by atoms with van der Waals surface area (Å²) in [6, 6.07) is 0. The van der Waals surface area contributed by atoms with Gasteiger partial charge in [-0.2, -0.15) is 0 Å². The lowest BCUT2D eigenvalue weighted by molar-refractivity contribution is -1.64. The molecule has 0 amide bonds. The number of hydrogen-bond acceptors (Lipinski definition) is 10. The Hall–Kier alpha value is 0.740. The van der Waals surface area contributed by atoms with Crippen LogP contribution in [0.25, 0.3) is 0 Å². The van der Waals surface area contributed by atoms with Crippen molar-refractivity contribution >= 4 is 7.82 Å². The number of hydrogen-bond donors (Lipinski definition) is 0. The lowest BCUT2D eigenvalue weighted by atomic mass is 15.7. The molecule has 0 spiro atoms. The third-order valence-electron chi connectivity index (χ3n) is 0.423. The van der Waals surface area contributed by atoms with Crippen LogP contribution in [0.3, 0.4) is 0 Å². The summed E-state index contributed by atoms with van der Waals surface area (Å²) in [7, 11) is -14.7. The standard InChI is InChI=1S/Cl3O10P/c4-1(5)11-14(10,12-2(6)7)13-3(8)9. The fourth-order valence-corrected chi connectivity index (χ4v) is 2.73. The Morgan fingerprint density at radius 1 is 0.714 bits per heavy atom. The zero-order chi connectivity index (χ0) is 11.4. The zero-order valence-corrected chi connectivity index (χ0v) is 8.83. The minimum absolute atomic E-state index is 3.16. The van der Waals surface area contributed by atoms with Crippen molar-refractivity contribution in [2.75, 3.05) is 0 Å². The van der Waals surface area contributed by atoms with Crippen LogP contribution in [0.1, 0.15) is 0 Å². The van der Waals surface area contributed by atoms with Crippen LogP contribution in [0.5, 0.6) is 0 Å². The molecule has 0 fully saturated rings. The van der Waals surface area contributed by atoms with Crippen molar-refractivity contribution in [2.24, 2.45) is 0 Å². The topological polar surface area (TPSA) is 183 Å². The first-order valence-electron chi connectivity index (χ1n) is 2.12. The zero-order valence-electron chi connectivity index (χ0n) is 5.66. The molecule has 0 heterocycles. The first-order valence-corrected chi connectivity index (χ1v) is 6.36. The molecule has 0 aliphatic heterocycles. The maximum absolute atomic E-state index is 10.8. The van der Waals surface area contributed by atoms with Crippen molar-refractivity contribution in [1.82, 2.24) is 0 Å². The van der Waals surface area contributed by atoms with E-state index in [0.717, 1.165) is 0 Å². The van der Waals surface area contributed by atoms with Crippen LogP contribution in [-0.4, -0.2) is 0 Å². The molecule has 10 nitrogen and oxygen atoms in total. The first-order chi connectivity index (χ1) is 6.25. The quantitative estimate of drug-likeness (QED) is 0.427. The summed E-state index contributed by atoms with van der Waals surface area (Å²) in [4.78, 5) is 0. The van der Waals surface area contributed by atoms with Crippen molar-refractivity contribution in [3.8, 4) is 0 Å². The highest BCUT2D eigenvalue weighted by molar-refractivity contribution is 7.47. The molecule has 0 aromatic rings. The summed E-state index contributed by atoms with van der Waals surface area (Å²) in [6.45, 7) is 0. The molecule has 0 rings (SSSR count). The van der Waals surface area contributed by atoms with Crippen molar-refractivity contribution in [1.29, 1.82) is 0 Å². The number of halogens is 3. The van der Waals surface area contributed by atoms with Crippen molar-refractivity contribution in [2.45, 2.75) is 0 Å². The molecule has 0 unspecified atom stereocenters. The molecule has 0 bridgehead atoms. The van der Waals surface area contributed by atoms with Gasteiger partial charge in [0.2, 0.25) is 0 Å². The normalized spacial score (nSPS) is 13.2. The maximum Gasteiger partial charge on any atom is 0.773 e. The van der Waals surface area contributed by atoms with Gasteiger partial charge in [-0.15, -0.1) is 0 Å². The lowest BCUT2D eigenvalue weighted by Crippen LogP contribution is -2.40. The highest BCUT2D eigenvalue weighted by Crippen LogP contribution is 2.51. The second-order valence-electron chi connectivity index (χ2n) is 1.22. The van der Waals surface area contributed by atoms with E-state index in [-0.39, 0.29) is 0 Å². The number of rotatable bonds is 6. The summed E-state index contributed by atoms with van der Waals surface area (Å²) in [6.07, 6.45) is 0. The van der Waals surface area contributed by atoms with Crippen molar-refractivity contribution in [3.05, 3.63) is 0 Å². The van der Waals surface area contributed by atoms with Crippen molar-refractivity contribution in [3.63, 3.8) is 0 Å². The van der Waals surface area contributed by atoms with E-state index >= 15 is 0 Å². The van der Waals surface area contributed by atoms with Gasteiger partial charge in [-0.25, -0.2) is 4.57 Å². The van der Waals surface area contributed by atoms with Gasteiger partial charge in [-0.3, -0.25) is 0 Å². The smallest absolute Gasteiger partial charge is 0.320 e. The van der Waals surface area contributed by atoms with Gasteiger partial charge in [0.05, 0.1) is 0 Å². The molecule has 14 heteroatoms. The summed E-state index contributed by atoms with van der Waals surface area (Å²) < 4.78 is 79.2. The molecule has 0 radical (unpaired) electrons. The molecule has 0 aliphatic carbocycles. The Kier molecular flexibility index (Phi) is 6.69. The van der Waals surface area contributed by atoms with Gasteiger partial charge in [0.1, 0.15) is 12.2 Å². The molecule has 0 aliphatic rings. The van der Waals surface area contributed by atoms with Gasteiger partial charge in [0.15, 0.2) is 0 Å². The summed E-state index contributed by atoms with van der Waals surface area (Å²) in [5, 5.41) is 0. The highest BCUT2D eigenvalue weighted by Gasteiger charge is 2.60. The minimum Gasteiger partial charge on any atom is -0.320 e. The Bertz CT molecular complexity index is 166. The maximum atomic E-state index is 10.8. The Balaban J connectivity index is 4.41. The third-order valence-corrected chi connectivity index (χ3v) is 3.80. The molecular weight excluding hydrogens is 297 g/mol. The second kappa shape index (κ2) is 6.35. The van der Waals surface area contributed by atoms with E-state index in [1.807, 2.05) is 0 Å². The Morgan fingerprint density at radius 2 is 0.929 bits per heavy atom. The minimum atomic E-state index is -5.28. The largest absolute Gasteiger partial charge is 0.773 e. The van der Waals surface area contributed by atoms with Crippen LogP contribution in [0, 0.1) is 32.4 Å².